The van der Waals surface area contributed by atoms with Crippen molar-refractivity contribution in [1.82, 2.24) is 14.9 Å². The summed E-state index contributed by atoms with van der Waals surface area (Å²) in [7, 11) is 4.07. The molecule has 0 aromatic carbocycles. The second kappa shape index (κ2) is 8.27. The summed E-state index contributed by atoms with van der Waals surface area (Å²) in [5.74, 6) is 0.848. The maximum Gasteiger partial charge on any atom is 0.130 e. The minimum atomic E-state index is 0.687. The number of likely N-dealkylation sites (N-methyl/N-ethyl adjacent to an activating group) is 1. The fraction of sp³-hybridized carbons (Fsp3) is 0.636. The van der Waals surface area contributed by atoms with Crippen molar-refractivity contribution in [3.05, 3.63) is 12.4 Å². The molecule has 1 aromatic rings. The van der Waals surface area contributed by atoms with E-state index in [1.54, 1.807) is 18.1 Å². The lowest BCUT2D eigenvalue weighted by atomic mass is 10.5. The molecule has 0 spiro atoms. The van der Waals surface area contributed by atoms with Crippen LogP contribution in [0, 0.1) is 0 Å². The molecule has 1 aromatic heterocycles. The molecule has 0 saturated carbocycles. The summed E-state index contributed by atoms with van der Waals surface area (Å²) in [5, 5.41) is 4.17. The molecule has 5 nitrogen and oxygen atoms in total. The van der Waals surface area contributed by atoms with Crippen molar-refractivity contribution in [3.63, 3.8) is 0 Å². The first-order valence-electron chi connectivity index (χ1n) is 5.54. The van der Waals surface area contributed by atoms with E-state index in [4.69, 9.17) is 4.74 Å². The van der Waals surface area contributed by atoms with Crippen molar-refractivity contribution in [1.29, 1.82) is 0 Å². The topological polar surface area (TPSA) is 50.3 Å². The zero-order chi connectivity index (χ0) is 12.5. The van der Waals surface area contributed by atoms with Crippen molar-refractivity contribution in [2.75, 3.05) is 52.0 Å². The van der Waals surface area contributed by atoms with Gasteiger partial charge in [-0.05, 0) is 20.4 Å². The van der Waals surface area contributed by atoms with Crippen LogP contribution < -0.4 is 5.32 Å². The predicted octanol–water partition coefficient (Wildman–Crippen LogP) is 1.19. The van der Waals surface area contributed by atoms with Crippen LogP contribution in [-0.2, 0) is 4.74 Å². The Bertz CT molecular complexity index is 322. The van der Waals surface area contributed by atoms with Gasteiger partial charge in [-0.3, -0.25) is 0 Å². The zero-order valence-electron chi connectivity index (χ0n) is 10.6. The van der Waals surface area contributed by atoms with Crippen LogP contribution in [-0.4, -0.2) is 61.5 Å². The van der Waals surface area contributed by atoms with Gasteiger partial charge < -0.3 is 15.0 Å². The normalized spacial score (nSPS) is 10.8. The number of ether oxygens (including phenoxy) is 1. The van der Waals surface area contributed by atoms with Gasteiger partial charge in [0.25, 0.3) is 0 Å². The molecular weight excluding hydrogens is 236 g/mol. The van der Waals surface area contributed by atoms with E-state index in [1.165, 1.54) is 0 Å². The lowest BCUT2D eigenvalue weighted by Gasteiger charge is -2.10. The second-order valence-corrected chi connectivity index (χ2v) is 4.61. The molecule has 1 heterocycles. The first-order chi connectivity index (χ1) is 8.22. The predicted molar refractivity (Wildman–Crippen MR) is 71.7 cm³/mol. The average Bonchev–Trinajstić information content (AvgIpc) is 2.33. The van der Waals surface area contributed by atoms with Crippen LogP contribution >= 0.6 is 11.8 Å². The number of nitrogens with zero attached hydrogens (tertiary/aromatic N) is 3. The van der Waals surface area contributed by atoms with Crippen LogP contribution in [0.15, 0.2) is 17.4 Å². The molecule has 1 rings (SSSR count). The van der Waals surface area contributed by atoms with Gasteiger partial charge in [-0.2, -0.15) is 0 Å². The summed E-state index contributed by atoms with van der Waals surface area (Å²) in [6.45, 7) is 3.16. The van der Waals surface area contributed by atoms with E-state index in [-0.39, 0.29) is 0 Å². The fourth-order valence-electron chi connectivity index (χ4n) is 1.15. The van der Waals surface area contributed by atoms with Gasteiger partial charge in [-0.1, -0.05) is 0 Å². The lowest BCUT2D eigenvalue weighted by Crippen LogP contribution is -2.20. The highest BCUT2D eigenvalue weighted by Gasteiger charge is 1.97. The molecule has 6 heteroatoms. The number of aromatic nitrogens is 2. The molecule has 0 fully saturated rings. The van der Waals surface area contributed by atoms with Crippen LogP contribution in [0.2, 0.25) is 0 Å². The average molecular weight is 256 g/mol. The van der Waals surface area contributed by atoms with Crippen LogP contribution in [0.5, 0.6) is 0 Å². The Balaban J connectivity index is 2.13. The minimum Gasteiger partial charge on any atom is -0.378 e. The Labute approximate surface area is 107 Å². The third-order valence-corrected chi connectivity index (χ3v) is 2.73. The van der Waals surface area contributed by atoms with E-state index in [1.807, 2.05) is 26.4 Å². The maximum absolute atomic E-state index is 5.47. The molecule has 1 N–H and O–H groups in total. The number of nitrogens with one attached hydrogen (secondary N) is 1. The van der Waals surface area contributed by atoms with Crippen molar-refractivity contribution >= 4 is 17.6 Å². The molecule has 0 amide bonds. The first-order valence-corrected chi connectivity index (χ1v) is 6.77. The number of thioether (sulfide) groups is 1. The number of hydrogen-bond donors (Lipinski definition) is 1. The van der Waals surface area contributed by atoms with E-state index in [0.29, 0.717) is 6.61 Å². The molecule has 0 saturated heterocycles. The molecule has 0 aliphatic carbocycles. The third kappa shape index (κ3) is 6.45. The molecular formula is C11H20N4OS. The summed E-state index contributed by atoms with van der Waals surface area (Å²) in [5.41, 5.74) is 0. The standard InChI is InChI=1S/C11H20N4OS/c1-15(2)5-7-16-6-4-12-10-8-11(17-3)14-9-13-10/h8-9H,4-7H2,1-3H3,(H,12,13,14). The zero-order valence-corrected chi connectivity index (χ0v) is 11.5. The highest BCUT2D eigenvalue weighted by molar-refractivity contribution is 7.98. The maximum atomic E-state index is 5.47. The molecule has 0 aliphatic heterocycles. The van der Waals surface area contributed by atoms with E-state index >= 15 is 0 Å². The molecule has 0 radical (unpaired) electrons. The van der Waals surface area contributed by atoms with Gasteiger partial charge in [0.15, 0.2) is 0 Å². The third-order valence-electron chi connectivity index (χ3n) is 2.09. The highest BCUT2D eigenvalue weighted by atomic mass is 32.2. The Kier molecular flexibility index (Phi) is 6.91. The summed E-state index contributed by atoms with van der Waals surface area (Å²) >= 11 is 1.61. The summed E-state index contributed by atoms with van der Waals surface area (Å²) < 4.78 is 5.47. The largest absolute Gasteiger partial charge is 0.378 e. The van der Waals surface area contributed by atoms with Crippen LogP contribution in [0.1, 0.15) is 0 Å². The van der Waals surface area contributed by atoms with Gasteiger partial charge >= 0.3 is 0 Å². The van der Waals surface area contributed by atoms with Gasteiger partial charge in [0.05, 0.1) is 13.2 Å². The monoisotopic (exact) mass is 256 g/mol. The van der Waals surface area contributed by atoms with E-state index in [9.17, 15) is 0 Å². The summed E-state index contributed by atoms with van der Waals surface area (Å²) in [6, 6.07) is 1.94. The molecule has 96 valence electrons. The Morgan fingerprint density at radius 2 is 2.18 bits per heavy atom. The second-order valence-electron chi connectivity index (χ2n) is 3.79. The number of anilines is 1. The van der Waals surface area contributed by atoms with E-state index in [0.717, 1.165) is 30.5 Å². The quantitative estimate of drug-likeness (QED) is 0.428. The van der Waals surface area contributed by atoms with E-state index in [2.05, 4.69) is 20.2 Å². The SMILES string of the molecule is CSc1cc(NCCOCCN(C)C)ncn1. The fourth-order valence-corrected chi connectivity index (χ4v) is 1.53. The van der Waals surface area contributed by atoms with Gasteiger partial charge in [-0.15, -0.1) is 11.8 Å². The molecule has 0 unspecified atom stereocenters. The van der Waals surface area contributed by atoms with Crippen LogP contribution in [0.3, 0.4) is 0 Å². The minimum absolute atomic E-state index is 0.687. The van der Waals surface area contributed by atoms with Crippen molar-refractivity contribution in [3.8, 4) is 0 Å². The molecule has 0 atom stereocenters. The van der Waals surface area contributed by atoms with Gasteiger partial charge in [0.2, 0.25) is 0 Å². The van der Waals surface area contributed by atoms with Crippen molar-refractivity contribution in [2.45, 2.75) is 5.03 Å². The van der Waals surface area contributed by atoms with E-state index < -0.39 is 0 Å². The van der Waals surface area contributed by atoms with Crippen molar-refractivity contribution in [2.24, 2.45) is 0 Å². The molecule has 0 aliphatic rings. The van der Waals surface area contributed by atoms with Gasteiger partial charge in [0, 0.05) is 19.2 Å². The first kappa shape index (κ1) is 14.2. The molecule has 0 bridgehead atoms. The summed E-state index contributed by atoms with van der Waals surface area (Å²) in [6.07, 6.45) is 3.57. The Morgan fingerprint density at radius 3 is 2.88 bits per heavy atom. The smallest absolute Gasteiger partial charge is 0.130 e. The summed E-state index contributed by atoms with van der Waals surface area (Å²) in [4.78, 5) is 10.3. The Hall–Kier alpha value is -0.850. The molecule has 17 heavy (non-hydrogen) atoms. The van der Waals surface area contributed by atoms with Crippen LogP contribution in [0.4, 0.5) is 5.82 Å². The Morgan fingerprint density at radius 1 is 1.35 bits per heavy atom. The lowest BCUT2D eigenvalue weighted by molar-refractivity contribution is 0.126. The van der Waals surface area contributed by atoms with Gasteiger partial charge in [-0.25, -0.2) is 9.97 Å². The van der Waals surface area contributed by atoms with Crippen LogP contribution in [0.25, 0.3) is 0 Å². The number of rotatable bonds is 8. The van der Waals surface area contributed by atoms with Gasteiger partial charge in [0.1, 0.15) is 17.2 Å². The number of hydrogen-bond acceptors (Lipinski definition) is 6. The van der Waals surface area contributed by atoms with Crippen molar-refractivity contribution < 1.29 is 4.74 Å². The highest BCUT2D eigenvalue weighted by Crippen LogP contribution is 2.13.